The fourth-order valence-corrected chi connectivity index (χ4v) is 8.25. The first-order valence-corrected chi connectivity index (χ1v) is 14.2. The van der Waals surface area contributed by atoms with Crippen LogP contribution >= 0.6 is 34.5 Å². The molecule has 38 heavy (non-hydrogen) atoms. The van der Waals surface area contributed by atoms with Gasteiger partial charge in [-0.3, -0.25) is 0 Å². The summed E-state index contributed by atoms with van der Waals surface area (Å²) in [6.45, 7) is 0. The molecular formula is C35H20Cl2S. The Kier molecular flexibility index (Phi) is 4.82. The van der Waals surface area contributed by atoms with Crippen molar-refractivity contribution >= 4 is 34.5 Å². The lowest BCUT2D eigenvalue weighted by molar-refractivity contribution is 0.798. The molecule has 6 aromatic rings. The number of thiophene rings is 1. The van der Waals surface area contributed by atoms with Gasteiger partial charge in [-0.05, 0) is 74.3 Å². The van der Waals surface area contributed by atoms with Gasteiger partial charge in [0.15, 0.2) is 0 Å². The van der Waals surface area contributed by atoms with Gasteiger partial charge in [-0.25, -0.2) is 0 Å². The number of hydrogen-bond acceptors (Lipinski definition) is 1. The minimum absolute atomic E-state index is 0.394. The van der Waals surface area contributed by atoms with Crippen LogP contribution in [0.3, 0.4) is 0 Å². The average Bonchev–Trinajstić information content (AvgIpc) is 3.59. The van der Waals surface area contributed by atoms with Crippen LogP contribution < -0.4 is 0 Å². The summed E-state index contributed by atoms with van der Waals surface area (Å²) in [5.41, 5.74) is 12.6. The first-order chi connectivity index (χ1) is 18.7. The molecule has 2 aliphatic carbocycles. The fourth-order valence-electron chi connectivity index (χ4n) is 6.61. The number of rotatable bonds is 2. The Labute approximate surface area is 235 Å². The summed E-state index contributed by atoms with van der Waals surface area (Å²) in [5, 5.41) is 1.49. The van der Waals surface area contributed by atoms with E-state index in [2.05, 4.69) is 97.1 Å². The molecule has 5 aromatic carbocycles. The van der Waals surface area contributed by atoms with Crippen LogP contribution in [0.1, 0.15) is 22.3 Å². The molecule has 0 saturated heterocycles. The van der Waals surface area contributed by atoms with E-state index in [1.54, 1.807) is 0 Å². The van der Waals surface area contributed by atoms with Crippen molar-refractivity contribution in [2.45, 2.75) is 5.41 Å². The Hall–Kier alpha value is -3.62. The summed E-state index contributed by atoms with van der Waals surface area (Å²) in [6.07, 6.45) is 0. The summed E-state index contributed by atoms with van der Waals surface area (Å²) in [7, 11) is 0. The van der Waals surface area contributed by atoms with E-state index in [9.17, 15) is 0 Å². The van der Waals surface area contributed by atoms with Crippen molar-refractivity contribution in [3.8, 4) is 43.1 Å². The first-order valence-electron chi connectivity index (χ1n) is 12.7. The molecule has 0 fully saturated rings. The van der Waals surface area contributed by atoms with Crippen LogP contribution in [-0.2, 0) is 5.41 Å². The highest BCUT2D eigenvalue weighted by Crippen LogP contribution is 2.67. The molecule has 0 amide bonds. The van der Waals surface area contributed by atoms with E-state index in [1.807, 2.05) is 35.6 Å². The van der Waals surface area contributed by atoms with Crippen LogP contribution in [0, 0.1) is 0 Å². The quantitative estimate of drug-likeness (QED) is 0.203. The number of halogens is 2. The second-order valence-electron chi connectivity index (χ2n) is 9.91. The molecule has 0 saturated carbocycles. The predicted octanol–water partition coefficient (Wildman–Crippen LogP) is 10.7. The van der Waals surface area contributed by atoms with E-state index in [0.29, 0.717) is 0 Å². The van der Waals surface area contributed by atoms with Gasteiger partial charge in [-0.1, -0.05) is 120 Å². The maximum atomic E-state index is 6.35. The maximum absolute atomic E-state index is 6.35. The number of benzene rings is 5. The Morgan fingerprint density at radius 3 is 1.39 bits per heavy atom. The van der Waals surface area contributed by atoms with Gasteiger partial charge in [0.25, 0.3) is 0 Å². The van der Waals surface area contributed by atoms with Crippen molar-refractivity contribution in [1.29, 1.82) is 0 Å². The molecule has 180 valence electrons. The summed E-state index contributed by atoms with van der Waals surface area (Å²) >= 11 is 14.5. The van der Waals surface area contributed by atoms with Gasteiger partial charge in [0.2, 0.25) is 0 Å². The topological polar surface area (TPSA) is 0 Å². The third-order valence-corrected chi connectivity index (χ3v) is 9.84. The molecular weight excluding hydrogens is 523 g/mol. The Morgan fingerprint density at radius 2 is 0.868 bits per heavy atom. The zero-order valence-electron chi connectivity index (χ0n) is 20.2. The van der Waals surface area contributed by atoms with Gasteiger partial charge >= 0.3 is 0 Å². The van der Waals surface area contributed by atoms with Crippen LogP contribution in [0.15, 0.2) is 121 Å². The van der Waals surface area contributed by atoms with Crippen molar-refractivity contribution < 1.29 is 0 Å². The molecule has 0 unspecified atom stereocenters. The second kappa shape index (κ2) is 8.19. The molecule has 3 heteroatoms. The van der Waals surface area contributed by atoms with Crippen molar-refractivity contribution in [3.05, 3.63) is 154 Å². The van der Waals surface area contributed by atoms with E-state index in [-0.39, 0.29) is 0 Å². The van der Waals surface area contributed by atoms with Gasteiger partial charge in [0.1, 0.15) is 0 Å². The van der Waals surface area contributed by atoms with E-state index >= 15 is 0 Å². The molecule has 2 aliphatic rings. The molecule has 1 spiro atoms. The lowest BCUT2D eigenvalue weighted by atomic mass is 9.70. The predicted molar refractivity (Wildman–Crippen MR) is 162 cm³/mol. The summed E-state index contributed by atoms with van der Waals surface area (Å²) in [6, 6.07) is 43.4. The molecule has 0 radical (unpaired) electrons. The standard InChI is InChI=1S/C35H20Cl2S/c36-23-17-13-21(14-18-23)33-31-27-9-3-6-12-30(27)35(32(31)34(38-33)22-15-19-24(37)20-16-22)28-10-4-1-7-25(28)26-8-2-5-11-29(26)35/h1-20H. The number of hydrogen-bond donors (Lipinski definition) is 0. The van der Waals surface area contributed by atoms with Crippen LogP contribution in [0.5, 0.6) is 0 Å². The van der Waals surface area contributed by atoms with Gasteiger partial charge in [-0.15, -0.1) is 11.3 Å². The largest absolute Gasteiger partial charge is 0.134 e. The molecule has 0 aliphatic heterocycles. The van der Waals surface area contributed by atoms with Crippen molar-refractivity contribution in [1.82, 2.24) is 0 Å². The van der Waals surface area contributed by atoms with Gasteiger partial charge in [0.05, 0.1) is 5.41 Å². The molecule has 0 nitrogen and oxygen atoms in total. The lowest BCUT2D eigenvalue weighted by Crippen LogP contribution is -2.26. The highest BCUT2D eigenvalue weighted by atomic mass is 35.5. The fraction of sp³-hybridized carbons (Fsp3) is 0.0286. The zero-order chi connectivity index (χ0) is 25.4. The van der Waals surface area contributed by atoms with Crippen molar-refractivity contribution in [2.24, 2.45) is 0 Å². The third kappa shape index (κ3) is 2.87. The minimum Gasteiger partial charge on any atom is -0.134 e. The SMILES string of the molecule is Clc1ccc(-c2sc(-c3ccc(Cl)cc3)c3c2-c2ccccc2C32c3ccccc3-c3ccccc32)cc1. The highest BCUT2D eigenvalue weighted by Gasteiger charge is 2.54. The monoisotopic (exact) mass is 542 g/mol. The van der Waals surface area contributed by atoms with Crippen molar-refractivity contribution in [2.75, 3.05) is 0 Å². The summed E-state index contributed by atoms with van der Waals surface area (Å²) in [4.78, 5) is 2.55. The van der Waals surface area contributed by atoms with Crippen LogP contribution in [0.4, 0.5) is 0 Å². The lowest BCUT2D eigenvalue weighted by Gasteiger charge is -2.31. The molecule has 8 rings (SSSR count). The van der Waals surface area contributed by atoms with Crippen LogP contribution in [0.2, 0.25) is 10.0 Å². The van der Waals surface area contributed by atoms with E-state index in [4.69, 9.17) is 23.2 Å². The minimum atomic E-state index is -0.394. The summed E-state index contributed by atoms with van der Waals surface area (Å²) < 4.78 is 0. The third-order valence-electron chi connectivity index (χ3n) is 8.05. The van der Waals surface area contributed by atoms with E-state index < -0.39 is 5.41 Å². The van der Waals surface area contributed by atoms with Crippen molar-refractivity contribution in [3.63, 3.8) is 0 Å². The summed E-state index contributed by atoms with van der Waals surface area (Å²) in [5.74, 6) is 0. The van der Waals surface area contributed by atoms with Gasteiger partial charge in [-0.2, -0.15) is 0 Å². The second-order valence-corrected chi connectivity index (χ2v) is 11.8. The van der Waals surface area contributed by atoms with Crippen LogP contribution in [-0.4, -0.2) is 0 Å². The molecule has 0 N–H and O–H groups in total. The molecule has 1 aromatic heterocycles. The Morgan fingerprint density at radius 1 is 0.447 bits per heavy atom. The Bertz CT molecular complexity index is 1830. The normalized spacial score (nSPS) is 13.7. The zero-order valence-corrected chi connectivity index (χ0v) is 22.5. The Balaban J connectivity index is 1.58. The van der Waals surface area contributed by atoms with Gasteiger partial charge in [0, 0.05) is 25.4 Å². The molecule has 0 atom stereocenters. The molecule has 1 heterocycles. The maximum Gasteiger partial charge on any atom is 0.0740 e. The van der Waals surface area contributed by atoms with E-state index in [0.717, 1.165) is 10.0 Å². The first kappa shape index (κ1) is 22.4. The van der Waals surface area contributed by atoms with E-state index in [1.165, 1.54) is 65.4 Å². The van der Waals surface area contributed by atoms with Gasteiger partial charge < -0.3 is 0 Å². The smallest absolute Gasteiger partial charge is 0.0740 e. The van der Waals surface area contributed by atoms with Crippen LogP contribution in [0.25, 0.3) is 43.1 Å². The molecule has 0 bridgehead atoms. The number of fused-ring (bicyclic) bond motifs is 10. The highest BCUT2D eigenvalue weighted by molar-refractivity contribution is 7.19. The average molecular weight is 544 g/mol.